The third-order valence-electron chi connectivity index (χ3n) is 23.9. The molecule has 0 radical (unpaired) electrons. The standard InChI is InChI=1S/C67H54O2P.C47H36O2P.C18H12.CH4.4Os.H7P5/c1-6-18-53-27-31-55(32-28-53)35-36-56-33-29-54(30-34-56)19-17-20-62-48-69-50-64(62)45-60(51(3)4)43-41-57-37-39-58(40-38-57)42-44-61(46-63-49-68-47-59(63)7-2)52(5)70(65-21-11-8-12-22-65,66-23-13-9-14-24-66)67-25-15-10-16-26-67;1-35(2)41(29-43-33-48-31-36(43)3)27-25-39-21-23-40(24-22-39)26-28-42(30-44-34-49-32-37(44)4)38(5)50(45-15-9-6-10-16-45,46-17-11-7-12-18-46)47-19-13-8-14-20-47;1-3-15-5-9-17(10-6-15)13-14-18-11-7-16(4-2)8-12-18;;;;;;1-4-5(2)3/h6,8-19,21-44H,47-50H2,1-3H3;3-4,6-28H,31-34H2,1H3;1-2,5-14H;1H4;;;;;4H,1-3H2/q2*-3;;;;;;;/b18-6+,19-17+,36-35+,43-41+,44-42+,60-51?,61-52?;27-25+,28-26+,41-35?,42-38?;14-13+;;;;;;. The van der Waals surface area contributed by atoms with Gasteiger partial charge < -0.3 is 0 Å². The van der Waals surface area contributed by atoms with E-state index in [1.165, 1.54) is 43.0 Å². The molecule has 742 valence electrons. The fourth-order valence-corrected chi connectivity index (χ4v) is 28.3. The molecular formula is C133H113O4Os4P7-6. The van der Waals surface area contributed by atoms with E-state index in [2.05, 4.69) is 458 Å². The summed E-state index contributed by atoms with van der Waals surface area (Å²) >= 11 is 6.94. The molecule has 0 aliphatic carbocycles. The Hall–Kier alpha value is -10.9. The Morgan fingerprint density at radius 2 is 0.568 bits per heavy atom. The normalized spacial score (nSPS) is 16.2. The van der Waals surface area contributed by atoms with Crippen molar-refractivity contribution in [3.8, 4) is 42.2 Å². The van der Waals surface area contributed by atoms with Gasteiger partial charge in [-0.05, 0) is 66.0 Å². The van der Waals surface area contributed by atoms with Crippen molar-refractivity contribution < 1.29 is 90.7 Å². The van der Waals surface area contributed by atoms with Crippen LogP contribution in [0.2, 0.25) is 0 Å². The van der Waals surface area contributed by atoms with E-state index in [4.69, 9.17) is 45.0 Å². The van der Waals surface area contributed by atoms with E-state index >= 15 is 0 Å². The molecule has 4 saturated heterocycles. The molecule has 0 aromatic heterocycles. The molecule has 4 aliphatic heterocycles. The van der Waals surface area contributed by atoms with Gasteiger partial charge in [-0.2, -0.15) is 0 Å². The first-order chi connectivity index (χ1) is 71.9. The van der Waals surface area contributed by atoms with E-state index in [-0.39, 0.29) is 14.4 Å². The maximum absolute atomic E-state index is 6.47. The van der Waals surface area contributed by atoms with E-state index in [0.717, 1.165) is 147 Å². The Balaban J connectivity index is 0.000000221. The Labute approximate surface area is 929 Å². The second kappa shape index (κ2) is 61.4. The van der Waals surface area contributed by atoms with Gasteiger partial charge in [0.05, 0.1) is 0 Å². The number of ether oxygens (including phenoxy) is 4. The van der Waals surface area contributed by atoms with Crippen LogP contribution in [0.15, 0.2) is 453 Å². The quantitative estimate of drug-likeness (QED) is 0.0161. The number of benzene rings is 12. The molecular weight excluding hydrogens is 2640 g/mol. The van der Waals surface area contributed by atoms with Crippen molar-refractivity contribution in [1.82, 2.24) is 0 Å². The second-order valence-corrected chi connectivity index (χ2v) is 56.8. The van der Waals surface area contributed by atoms with Crippen LogP contribution in [0.3, 0.4) is 0 Å². The Morgan fingerprint density at radius 3 is 0.838 bits per heavy atom. The molecule has 4 nitrogen and oxygen atoms in total. The third-order valence-corrected chi connectivity index (χ3v) is 48.5. The Kier molecular flexibility index (Phi) is 48.0. The van der Waals surface area contributed by atoms with Crippen LogP contribution in [0.1, 0.15) is 102 Å². The zero-order valence-corrected chi connectivity index (χ0v) is 99.3. The van der Waals surface area contributed by atoms with Crippen molar-refractivity contribution >= 4 is 149 Å². The summed E-state index contributed by atoms with van der Waals surface area (Å²) in [5.74, 6) is 5.20. The molecule has 12 aromatic rings. The molecule has 4 unspecified atom stereocenters. The van der Waals surface area contributed by atoms with Crippen LogP contribution in [-0.4, -0.2) is 52.9 Å². The van der Waals surface area contributed by atoms with Crippen LogP contribution in [-0.2, 0) is 90.7 Å². The zero-order chi connectivity index (χ0) is 103. The molecule has 0 saturated carbocycles. The third kappa shape index (κ3) is 32.8. The van der Waals surface area contributed by atoms with Crippen LogP contribution in [0, 0.1) is 91.8 Å². The van der Waals surface area contributed by atoms with E-state index < -0.39 is 14.5 Å². The Bertz CT molecular complexity index is 7250. The van der Waals surface area contributed by atoms with Crippen molar-refractivity contribution in [3.63, 3.8) is 0 Å². The van der Waals surface area contributed by atoms with Gasteiger partial charge in [-0.1, -0.05) is 112 Å². The zero-order valence-electron chi connectivity index (χ0n) is 82.0. The summed E-state index contributed by atoms with van der Waals surface area (Å²) in [5.41, 5.74) is 26.1. The number of hydrogen-bond donors (Lipinski definition) is 0. The molecule has 4 aliphatic rings. The van der Waals surface area contributed by atoms with Crippen LogP contribution in [0.5, 0.6) is 0 Å². The van der Waals surface area contributed by atoms with Crippen LogP contribution in [0.4, 0.5) is 0 Å². The second-order valence-electron chi connectivity index (χ2n) is 33.7. The van der Waals surface area contributed by atoms with E-state index in [0.29, 0.717) is 58.4 Å². The SMILES string of the molecule is C.C#Cc1ccc(/C=C/c2ccc(C#C)cc2)cc1.C[C-]=C1COCC1=[C-]C(/C=C/c1ccc(/C=C/C([C-]=C2COCC2=[C-]/C=C/c2ccc(/C=C/c3ccc(/C=C/C)cc3)cc2)=C(C)[C]#[Os])cc1)=C([C]#[Os])[P+](c1ccccc1)(c1ccccc1)c1ccccc1.PPP(P)P.[CH-]=C1COCC1=[C-]C(/C=C/c1ccc(/C=C/C([C-]=C2COCC2=[CH-])=C([C]#[Os])[P+](c2ccccc2)(c2ccccc2)c2ccccc2)cc1)=C(C)[C]#[Os]. The van der Waals surface area contributed by atoms with Gasteiger partial charge in [0.2, 0.25) is 0 Å². The summed E-state index contributed by atoms with van der Waals surface area (Å²) in [6.07, 6.45) is 65.9. The number of allylic oxidation sites excluding steroid dienone is 20. The van der Waals surface area contributed by atoms with Gasteiger partial charge >= 0.3 is 710 Å². The number of rotatable bonds is 28. The van der Waals surface area contributed by atoms with Gasteiger partial charge in [0.25, 0.3) is 0 Å². The molecule has 0 spiro atoms. The van der Waals surface area contributed by atoms with Gasteiger partial charge in [0.1, 0.15) is 0 Å². The molecule has 148 heavy (non-hydrogen) atoms. The number of terminal acetylenes is 2. The van der Waals surface area contributed by atoms with E-state index in [1.54, 1.807) is 71.8 Å². The first kappa shape index (κ1) is 116. The summed E-state index contributed by atoms with van der Waals surface area (Å²) in [6, 6.07) is 115. The van der Waals surface area contributed by atoms with Crippen molar-refractivity contribution in [2.45, 2.75) is 35.1 Å². The molecule has 12 aromatic carbocycles. The molecule has 16 rings (SSSR count). The predicted molar refractivity (Wildman–Crippen MR) is 634 cm³/mol. The topological polar surface area (TPSA) is 36.9 Å². The van der Waals surface area contributed by atoms with E-state index in [1.807, 2.05) is 87.5 Å². The average Bonchev–Trinajstić information content (AvgIpc) is 0.829. The minimum atomic E-state index is -2.48. The van der Waals surface area contributed by atoms with Crippen molar-refractivity contribution in [1.29, 1.82) is 0 Å². The van der Waals surface area contributed by atoms with Gasteiger partial charge in [-0.15, -0.1) is 39.6 Å². The first-order valence-electron chi connectivity index (χ1n) is 47.3. The summed E-state index contributed by atoms with van der Waals surface area (Å²) in [5, 5.41) is 9.71. The molecule has 0 bridgehead atoms. The van der Waals surface area contributed by atoms with Gasteiger partial charge in [-0.25, -0.2) is 0 Å². The average molecular weight is 2750 g/mol. The fourth-order valence-electron chi connectivity index (χ4n) is 16.1. The Morgan fingerprint density at radius 1 is 0.331 bits per heavy atom. The first-order valence-corrected chi connectivity index (χ1v) is 64.2. The molecule has 15 heteroatoms. The monoisotopic (exact) mass is 2760 g/mol. The van der Waals surface area contributed by atoms with Crippen LogP contribution in [0.25, 0.3) is 60.8 Å². The van der Waals surface area contributed by atoms with Crippen molar-refractivity contribution in [2.75, 3.05) is 52.9 Å². The summed E-state index contributed by atoms with van der Waals surface area (Å²) in [4.78, 5) is 0. The maximum atomic E-state index is 6.47. The number of hydrogen-bond acceptors (Lipinski definition) is 4. The predicted octanol–water partition coefficient (Wildman–Crippen LogP) is 29.6. The summed E-state index contributed by atoms with van der Waals surface area (Å²) in [6.45, 7) is 24.7. The molecule has 4 atom stereocenters. The molecule has 4 heterocycles. The molecule has 4 fully saturated rings. The summed E-state index contributed by atoms with van der Waals surface area (Å²) < 4.78 is 37.3. The fraction of sp³-hybridized carbons (Fsp3) is 0.0977. The van der Waals surface area contributed by atoms with E-state index in [9.17, 15) is 0 Å². The molecule has 0 N–H and O–H groups in total. The van der Waals surface area contributed by atoms with Gasteiger partial charge in [0.15, 0.2) is 0 Å². The minimum absolute atomic E-state index is 0. The molecule has 0 amide bonds. The summed E-state index contributed by atoms with van der Waals surface area (Å²) in [7, 11) is 4.30. The van der Waals surface area contributed by atoms with Crippen LogP contribution >= 0.6 is 56.3 Å². The van der Waals surface area contributed by atoms with Crippen molar-refractivity contribution in [2.24, 2.45) is 0 Å². The van der Waals surface area contributed by atoms with Gasteiger partial charge in [0, 0.05) is 11.1 Å². The van der Waals surface area contributed by atoms with Gasteiger partial charge in [-0.3, -0.25) is 0 Å². The van der Waals surface area contributed by atoms with Crippen molar-refractivity contribution in [3.05, 3.63) is 569 Å². The van der Waals surface area contributed by atoms with Crippen LogP contribution < -0.4 is 31.8 Å².